The maximum atomic E-state index is 10.9. The molecule has 0 spiro atoms. The number of nitrogens with zero attached hydrogens (tertiary/aromatic N) is 2. The van der Waals surface area contributed by atoms with E-state index < -0.39 is 5.97 Å². The van der Waals surface area contributed by atoms with Crippen molar-refractivity contribution < 1.29 is 15.0 Å². The third-order valence-corrected chi connectivity index (χ3v) is 4.03. The van der Waals surface area contributed by atoms with Gasteiger partial charge in [-0.3, -0.25) is 0 Å². The number of aromatic carboxylic acids is 1. The first-order chi connectivity index (χ1) is 9.61. The molecule has 3 N–H and O–H groups in total. The van der Waals surface area contributed by atoms with E-state index in [0.717, 1.165) is 19.4 Å². The average molecular weight is 279 g/mol. The van der Waals surface area contributed by atoms with Crippen molar-refractivity contribution in [2.75, 3.05) is 18.5 Å². The quantitative estimate of drug-likeness (QED) is 0.759. The van der Waals surface area contributed by atoms with Gasteiger partial charge in [0.05, 0.1) is 11.3 Å². The number of aliphatic hydroxyl groups excluding tert-OH is 1. The van der Waals surface area contributed by atoms with Crippen LogP contribution in [0.15, 0.2) is 6.20 Å². The van der Waals surface area contributed by atoms with Crippen molar-refractivity contribution in [3.05, 3.63) is 17.5 Å². The van der Waals surface area contributed by atoms with Crippen molar-refractivity contribution >= 4 is 11.9 Å². The highest BCUT2D eigenvalue weighted by atomic mass is 16.4. The van der Waals surface area contributed by atoms with E-state index in [1.54, 1.807) is 6.92 Å². The molecule has 1 aromatic heterocycles. The minimum Gasteiger partial charge on any atom is -0.478 e. The lowest BCUT2D eigenvalue weighted by Gasteiger charge is -2.30. The van der Waals surface area contributed by atoms with E-state index in [2.05, 4.69) is 15.3 Å². The lowest BCUT2D eigenvalue weighted by Crippen LogP contribution is -2.29. The fourth-order valence-corrected chi connectivity index (χ4v) is 2.78. The highest BCUT2D eigenvalue weighted by molar-refractivity contribution is 5.88. The minimum atomic E-state index is -1.01. The Labute approximate surface area is 118 Å². The first kappa shape index (κ1) is 14.7. The van der Waals surface area contributed by atoms with Crippen molar-refractivity contribution in [2.45, 2.75) is 32.6 Å². The summed E-state index contributed by atoms with van der Waals surface area (Å²) in [5, 5.41) is 21.5. The highest BCUT2D eigenvalue weighted by Gasteiger charge is 2.24. The van der Waals surface area contributed by atoms with Crippen LogP contribution in [0.5, 0.6) is 0 Å². The van der Waals surface area contributed by atoms with Crippen LogP contribution in [0, 0.1) is 18.8 Å². The molecule has 2 rings (SSSR count). The van der Waals surface area contributed by atoms with E-state index in [1.165, 1.54) is 19.0 Å². The number of aromatic nitrogens is 2. The van der Waals surface area contributed by atoms with Gasteiger partial charge in [0.2, 0.25) is 5.95 Å². The van der Waals surface area contributed by atoms with E-state index >= 15 is 0 Å². The van der Waals surface area contributed by atoms with Crippen LogP contribution in [0.3, 0.4) is 0 Å². The number of hydrogen-bond donors (Lipinski definition) is 3. The SMILES string of the molecule is Cc1nc(NCC2CCCCC2CO)ncc1C(=O)O. The number of carboxylic acid groups (broad SMARTS) is 1. The summed E-state index contributed by atoms with van der Waals surface area (Å²) in [5.41, 5.74) is 0.582. The Kier molecular flexibility index (Phi) is 4.89. The molecule has 1 aliphatic rings. The van der Waals surface area contributed by atoms with E-state index in [0.29, 0.717) is 23.5 Å². The van der Waals surface area contributed by atoms with Crippen LogP contribution in [0.1, 0.15) is 41.7 Å². The zero-order valence-electron chi connectivity index (χ0n) is 11.7. The molecule has 110 valence electrons. The molecular formula is C14H21N3O3. The monoisotopic (exact) mass is 279 g/mol. The molecular weight excluding hydrogens is 258 g/mol. The van der Waals surface area contributed by atoms with E-state index in [9.17, 15) is 9.90 Å². The minimum absolute atomic E-state index is 0.126. The zero-order chi connectivity index (χ0) is 14.5. The average Bonchev–Trinajstić information content (AvgIpc) is 2.45. The fraction of sp³-hybridized carbons (Fsp3) is 0.643. The zero-order valence-corrected chi connectivity index (χ0v) is 11.7. The molecule has 0 radical (unpaired) electrons. The summed E-state index contributed by atoms with van der Waals surface area (Å²) < 4.78 is 0. The van der Waals surface area contributed by atoms with Crippen LogP contribution >= 0.6 is 0 Å². The molecule has 0 aliphatic heterocycles. The number of aliphatic hydroxyl groups is 1. The van der Waals surface area contributed by atoms with Crippen LogP contribution in [-0.2, 0) is 0 Å². The number of rotatable bonds is 5. The summed E-state index contributed by atoms with van der Waals surface area (Å²) in [6.45, 7) is 2.61. The molecule has 1 aromatic rings. The Morgan fingerprint density at radius 1 is 1.40 bits per heavy atom. The summed E-state index contributed by atoms with van der Waals surface area (Å²) in [5.74, 6) is 0.212. The normalized spacial score (nSPS) is 22.5. The van der Waals surface area contributed by atoms with Crippen LogP contribution in [0.4, 0.5) is 5.95 Å². The summed E-state index contributed by atoms with van der Waals surface area (Å²) in [6, 6.07) is 0. The van der Waals surface area contributed by atoms with Gasteiger partial charge in [0.1, 0.15) is 0 Å². The van der Waals surface area contributed by atoms with Crippen LogP contribution < -0.4 is 5.32 Å². The van der Waals surface area contributed by atoms with Crippen LogP contribution in [0.25, 0.3) is 0 Å². The molecule has 0 aromatic carbocycles. The highest BCUT2D eigenvalue weighted by Crippen LogP contribution is 2.29. The van der Waals surface area contributed by atoms with Gasteiger partial charge in [0.15, 0.2) is 0 Å². The topological polar surface area (TPSA) is 95.3 Å². The van der Waals surface area contributed by atoms with Gasteiger partial charge < -0.3 is 15.5 Å². The maximum Gasteiger partial charge on any atom is 0.339 e. The number of nitrogens with one attached hydrogen (secondary N) is 1. The standard InChI is InChI=1S/C14H21N3O3/c1-9-12(13(19)20)7-16-14(17-9)15-6-10-4-2-3-5-11(10)8-18/h7,10-11,18H,2-6,8H2,1H3,(H,19,20)(H,15,16,17). The van der Waals surface area contributed by atoms with Gasteiger partial charge in [-0.2, -0.15) is 0 Å². The second kappa shape index (κ2) is 6.65. The molecule has 1 saturated carbocycles. The molecule has 0 amide bonds. The third-order valence-electron chi connectivity index (χ3n) is 4.03. The van der Waals surface area contributed by atoms with Crippen molar-refractivity contribution in [3.8, 4) is 0 Å². The van der Waals surface area contributed by atoms with Crippen molar-refractivity contribution in [1.29, 1.82) is 0 Å². The first-order valence-corrected chi connectivity index (χ1v) is 7.03. The van der Waals surface area contributed by atoms with Gasteiger partial charge in [-0.15, -0.1) is 0 Å². The van der Waals surface area contributed by atoms with Crippen LogP contribution in [0.2, 0.25) is 0 Å². The molecule has 1 heterocycles. The van der Waals surface area contributed by atoms with Gasteiger partial charge >= 0.3 is 5.97 Å². The first-order valence-electron chi connectivity index (χ1n) is 7.03. The molecule has 6 nitrogen and oxygen atoms in total. The summed E-state index contributed by atoms with van der Waals surface area (Å²) in [6.07, 6.45) is 5.88. The van der Waals surface area contributed by atoms with Crippen molar-refractivity contribution in [1.82, 2.24) is 9.97 Å². The molecule has 2 atom stereocenters. The largest absolute Gasteiger partial charge is 0.478 e. The Bertz CT molecular complexity index is 479. The lowest BCUT2D eigenvalue weighted by molar-refractivity contribution is 0.0695. The Morgan fingerprint density at radius 3 is 2.70 bits per heavy atom. The molecule has 0 bridgehead atoms. The molecule has 6 heteroatoms. The second-order valence-corrected chi connectivity index (χ2v) is 5.37. The second-order valence-electron chi connectivity index (χ2n) is 5.37. The molecule has 2 unspecified atom stereocenters. The molecule has 1 aliphatic carbocycles. The van der Waals surface area contributed by atoms with Crippen molar-refractivity contribution in [2.24, 2.45) is 11.8 Å². The number of anilines is 1. The number of hydrogen-bond acceptors (Lipinski definition) is 5. The van der Waals surface area contributed by atoms with E-state index in [4.69, 9.17) is 5.11 Å². The Balaban J connectivity index is 1.96. The predicted octanol–water partition coefficient (Wildman–Crippen LogP) is 1.69. The summed E-state index contributed by atoms with van der Waals surface area (Å²) in [7, 11) is 0. The van der Waals surface area contributed by atoms with Gasteiger partial charge in [-0.25, -0.2) is 14.8 Å². The smallest absolute Gasteiger partial charge is 0.339 e. The van der Waals surface area contributed by atoms with Gasteiger partial charge in [0, 0.05) is 19.3 Å². The Morgan fingerprint density at radius 2 is 2.10 bits per heavy atom. The lowest BCUT2D eigenvalue weighted by atomic mass is 9.80. The van der Waals surface area contributed by atoms with Gasteiger partial charge in [-0.05, 0) is 31.6 Å². The van der Waals surface area contributed by atoms with Crippen LogP contribution in [-0.4, -0.2) is 39.3 Å². The molecule has 20 heavy (non-hydrogen) atoms. The number of carbonyl (C=O) groups is 1. The van der Waals surface area contributed by atoms with Gasteiger partial charge in [0.25, 0.3) is 0 Å². The fourth-order valence-electron chi connectivity index (χ4n) is 2.78. The summed E-state index contributed by atoms with van der Waals surface area (Å²) in [4.78, 5) is 19.1. The number of carboxylic acids is 1. The van der Waals surface area contributed by atoms with Crippen molar-refractivity contribution in [3.63, 3.8) is 0 Å². The predicted molar refractivity (Wildman–Crippen MR) is 74.8 cm³/mol. The van der Waals surface area contributed by atoms with Gasteiger partial charge in [-0.1, -0.05) is 12.8 Å². The maximum absolute atomic E-state index is 10.9. The van der Waals surface area contributed by atoms with E-state index in [1.807, 2.05) is 0 Å². The Hall–Kier alpha value is -1.69. The number of aryl methyl sites for hydroxylation is 1. The summed E-state index contributed by atoms with van der Waals surface area (Å²) >= 11 is 0. The third kappa shape index (κ3) is 3.45. The molecule has 1 fully saturated rings. The molecule has 0 saturated heterocycles. The van der Waals surface area contributed by atoms with E-state index in [-0.39, 0.29) is 12.2 Å².